The lowest BCUT2D eigenvalue weighted by atomic mass is 10.0. The number of nitrogens with one attached hydrogen (secondary N) is 1. The van der Waals surface area contributed by atoms with Gasteiger partial charge in [-0.1, -0.05) is 19.4 Å². The molecule has 2 rings (SSSR count). The summed E-state index contributed by atoms with van der Waals surface area (Å²) in [5, 5.41) is 20.2. The highest BCUT2D eigenvalue weighted by atomic mass is 32.5. The van der Waals surface area contributed by atoms with E-state index in [1.807, 2.05) is 0 Å². The Morgan fingerprint density at radius 3 is 1.97 bits per heavy atom. The second-order valence-corrected chi connectivity index (χ2v) is 9.41. The normalized spacial score (nSPS) is 15.0. The smallest absolute Gasteiger partial charge is 0.420 e. The van der Waals surface area contributed by atoms with Crippen molar-refractivity contribution in [2.45, 2.75) is 23.5 Å². The van der Waals surface area contributed by atoms with E-state index >= 15 is 0 Å². The van der Waals surface area contributed by atoms with Crippen molar-refractivity contribution in [3.63, 3.8) is 0 Å². The van der Waals surface area contributed by atoms with Crippen molar-refractivity contribution in [3.05, 3.63) is 59.2 Å². The Morgan fingerprint density at radius 1 is 1.00 bits per heavy atom. The molecule has 35 heavy (non-hydrogen) atoms. The first-order chi connectivity index (χ1) is 15.8. The van der Waals surface area contributed by atoms with Crippen molar-refractivity contribution >= 4 is 16.1 Å². The predicted molar refractivity (Wildman–Crippen MR) is 108 cm³/mol. The molecule has 1 amide bonds. The first-order valence-electron chi connectivity index (χ1n) is 8.98. The van der Waals surface area contributed by atoms with Gasteiger partial charge < -0.3 is 10.1 Å². The first kappa shape index (κ1) is 29.4. The number of ether oxygens (including phenoxy) is 1. The molecule has 1 unspecified atom stereocenters. The van der Waals surface area contributed by atoms with E-state index in [4.69, 9.17) is 10.00 Å². The van der Waals surface area contributed by atoms with E-state index < -0.39 is 56.2 Å². The SMILES string of the molecule is CC(C#N)(COc1ccc(C#N)cc1C(F)(F)F)NC(=O)c1ccc(S(F)(F)(F)(F)F)cc1.CF. The Bertz CT molecular complexity index is 1170. The lowest BCUT2D eigenvalue weighted by Crippen LogP contribution is -2.49. The molecule has 2 aromatic carbocycles. The van der Waals surface area contributed by atoms with Gasteiger partial charge in [0.05, 0.1) is 30.4 Å². The minimum absolute atomic E-state index is 0.00302. The highest BCUT2D eigenvalue weighted by Gasteiger charge is 2.65. The number of benzene rings is 2. The molecule has 0 aliphatic carbocycles. The summed E-state index contributed by atoms with van der Waals surface area (Å²) in [6.07, 6.45) is -4.90. The van der Waals surface area contributed by atoms with Crippen LogP contribution in [0.5, 0.6) is 5.75 Å². The number of carbonyl (C=O) groups excluding carboxylic acids is 1. The van der Waals surface area contributed by atoms with Crippen molar-refractivity contribution < 1.29 is 46.5 Å². The first-order valence-corrected chi connectivity index (χ1v) is 10.9. The molecule has 192 valence electrons. The number of alkyl halides is 4. The zero-order chi connectivity index (χ0) is 27.4. The van der Waals surface area contributed by atoms with Crippen LogP contribution >= 0.6 is 10.2 Å². The third-order valence-corrected chi connectivity index (χ3v) is 5.29. The standard InChI is InChI=1S/C19H13F8N3O2S.CH3F/c1-18(10-29,11-32-16-7-2-12(9-28)8-15(16)19(20,21)22)30-17(31)13-3-5-14(6-4-13)33(23,24,25,26)27;1-2/h2-8H,11H2,1H3,(H,30,31);1H3. The number of amides is 1. The molecular formula is C20H16F9N3O2S. The number of nitriles is 2. The second kappa shape index (κ2) is 9.22. The molecule has 0 aliphatic rings. The lowest BCUT2D eigenvalue weighted by molar-refractivity contribution is -0.139. The van der Waals surface area contributed by atoms with Crippen LogP contribution in [0, 0.1) is 22.7 Å². The fraction of sp³-hybridized carbons (Fsp3) is 0.250. The third-order valence-electron chi connectivity index (χ3n) is 4.13. The zero-order valence-corrected chi connectivity index (χ0v) is 18.6. The number of hydrogen-bond donors (Lipinski definition) is 1. The Balaban J connectivity index is 0.00000298. The lowest BCUT2D eigenvalue weighted by Gasteiger charge is -2.40. The van der Waals surface area contributed by atoms with Crippen molar-refractivity contribution in [1.82, 2.24) is 5.32 Å². The van der Waals surface area contributed by atoms with Crippen LogP contribution in [0.15, 0.2) is 47.4 Å². The molecule has 0 aromatic heterocycles. The second-order valence-electron chi connectivity index (χ2n) is 7.00. The fourth-order valence-corrected chi connectivity index (χ4v) is 3.10. The maximum absolute atomic E-state index is 13.2. The average molecular weight is 533 g/mol. The van der Waals surface area contributed by atoms with Crippen LogP contribution in [0.25, 0.3) is 0 Å². The summed E-state index contributed by atoms with van der Waals surface area (Å²) in [4.78, 5) is 10.0. The van der Waals surface area contributed by atoms with Gasteiger partial charge in [0.2, 0.25) is 0 Å². The summed E-state index contributed by atoms with van der Waals surface area (Å²) in [5.74, 6) is -1.90. The number of carbonyl (C=O) groups is 1. The number of rotatable bonds is 6. The number of hydrogen-bond acceptors (Lipinski definition) is 4. The minimum atomic E-state index is -9.95. The Kier molecular flexibility index (Phi) is 7.76. The van der Waals surface area contributed by atoms with E-state index in [0.29, 0.717) is 25.4 Å². The molecule has 5 nitrogen and oxygen atoms in total. The molecule has 15 heteroatoms. The van der Waals surface area contributed by atoms with Crippen LogP contribution in [0.3, 0.4) is 0 Å². The van der Waals surface area contributed by atoms with Gasteiger partial charge in [-0.2, -0.15) is 23.7 Å². The molecule has 0 radical (unpaired) electrons. The predicted octanol–water partition coefficient (Wildman–Crippen LogP) is 6.91. The van der Waals surface area contributed by atoms with Gasteiger partial charge in [-0.3, -0.25) is 9.18 Å². The molecule has 0 aliphatic heterocycles. The van der Waals surface area contributed by atoms with Gasteiger partial charge in [-0.15, -0.1) is 0 Å². The largest absolute Gasteiger partial charge is 0.489 e. The monoisotopic (exact) mass is 533 g/mol. The topological polar surface area (TPSA) is 85.9 Å². The molecule has 0 fully saturated rings. The van der Waals surface area contributed by atoms with E-state index in [2.05, 4.69) is 5.32 Å². The van der Waals surface area contributed by atoms with Gasteiger partial charge in [0.25, 0.3) is 5.91 Å². The molecule has 0 spiro atoms. The molecule has 2 aromatic rings. The molecule has 0 saturated heterocycles. The summed E-state index contributed by atoms with van der Waals surface area (Å²) in [5.41, 5.74) is -4.09. The summed E-state index contributed by atoms with van der Waals surface area (Å²) in [6.45, 7) is 0.235. The fourth-order valence-electron chi connectivity index (χ4n) is 2.45. The van der Waals surface area contributed by atoms with Gasteiger partial charge in [-0.05, 0) is 49.4 Å². The van der Waals surface area contributed by atoms with Crippen LogP contribution in [0.4, 0.5) is 37.0 Å². The van der Waals surface area contributed by atoms with Crippen molar-refractivity contribution in [3.8, 4) is 17.9 Å². The Labute approximate surface area is 193 Å². The maximum atomic E-state index is 13.2. The van der Waals surface area contributed by atoms with Crippen LogP contribution in [-0.2, 0) is 6.18 Å². The van der Waals surface area contributed by atoms with Crippen LogP contribution in [0.2, 0.25) is 0 Å². The molecule has 1 N–H and O–H groups in total. The van der Waals surface area contributed by atoms with Crippen molar-refractivity contribution in [1.29, 1.82) is 10.5 Å². The van der Waals surface area contributed by atoms with Crippen molar-refractivity contribution in [2.24, 2.45) is 0 Å². The molecular weight excluding hydrogens is 517 g/mol. The van der Waals surface area contributed by atoms with Crippen LogP contribution in [-0.4, -0.2) is 25.2 Å². The summed E-state index contributed by atoms with van der Waals surface area (Å²) in [7, 11) is -9.45. The Morgan fingerprint density at radius 2 is 1.54 bits per heavy atom. The summed E-state index contributed by atoms with van der Waals surface area (Å²) in [6, 6.07) is 6.46. The summed E-state index contributed by atoms with van der Waals surface area (Å²) >= 11 is 0. The quantitative estimate of drug-likeness (QED) is 0.409. The molecule has 0 saturated carbocycles. The van der Waals surface area contributed by atoms with Crippen LogP contribution < -0.4 is 10.1 Å². The molecule has 0 bridgehead atoms. The van der Waals surface area contributed by atoms with Gasteiger partial charge >= 0.3 is 16.4 Å². The van der Waals surface area contributed by atoms with E-state index in [-0.39, 0.29) is 17.7 Å². The average Bonchev–Trinajstić information content (AvgIpc) is 2.77. The number of halogens is 9. The maximum Gasteiger partial charge on any atom is 0.420 e. The van der Waals surface area contributed by atoms with Crippen molar-refractivity contribution in [2.75, 3.05) is 13.8 Å². The van der Waals surface area contributed by atoms with Crippen LogP contribution in [0.1, 0.15) is 28.4 Å². The van der Waals surface area contributed by atoms with Gasteiger partial charge in [0.1, 0.15) is 17.3 Å². The number of nitrogens with zero attached hydrogens (tertiary/aromatic N) is 2. The highest BCUT2D eigenvalue weighted by Crippen LogP contribution is 3.02. The molecule has 0 heterocycles. The van der Waals surface area contributed by atoms with Gasteiger partial charge in [0, 0.05) is 5.56 Å². The van der Waals surface area contributed by atoms with Gasteiger partial charge in [0.15, 0.2) is 5.54 Å². The third kappa shape index (κ3) is 7.99. The van der Waals surface area contributed by atoms with E-state index in [1.165, 1.54) is 6.07 Å². The highest BCUT2D eigenvalue weighted by molar-refractivity contribution is 8.45. The Hall–Kier alpha value is -3.59. The molecule has 1 atom stereocenters. The van der Waals surface area contributed by atoms with E-state index in [1.54, 1.807) is 6.07 Å². The van der Waals surface area contributed by atoms with Gasteiger partial charge in [-0.25, -0.2) is 0 Å². The summed E-state index contributed by atoms with van der Waals surface area (Å²) < 4.78 is 118. The minimum Gasteiger partial charge on any atom is -0.489 e. The van der Waals surface area contributed by atoms with E-state index in [0.717, 1.165) is 19.1 Å². The van der Waals surface area contributed by atoms with E-state index in [9.17, 15) is 47.0 Å². The zero-order valence-electron chi connectivity index (χ0n) is 17.8.